The summed E-state index contributed by atoms with van der Waals surface area (Å²) < 4.78 is 94.8. The molecular weight excluding hydrogens is 1120 g/mol. The summed E-state index contributed by atoms with van der Waals surface area (Å²) in [5, 5.41) is 11.8. The molecule has 7 aromatic rings. The molecule has 3 fully saturated rings. The number of aliphatic hydroxyl groups excluding tert-OH is 1. The van der Waals surface area contributed by atoms with Crippen molar-refractivity contribution in [3.8, 4) is 0 Å². The molecule has 0 spiro atoms. The van der Waals surface area contributed by atoms with Crippen molar-refractivity contribution in [2.24, 2.45) is 0 Å². The number of ether oxygens (including phenoxy) is 14. The lowest BCUT2D eigenvalue weighted by Crippen LogP contribution is -2.68. The van der Waals surface area contributed by atoms with Crippen molar-refractivity contribution in [3.05, 3.63) is 251 Å². The summed E-state index contributed by atoms with van der Waals surface area (Å²) in [7, 11) is 0. The first kappa shape index (κ1) is 64.0. The van der Waals surface area contributed by atoms with Gasteiger partial charge >= 0.3 is 11.9 Å². The molecular formula is C71H78O17. The third-order valence-corrected chi connectivity index (χ3v) is 15.3. The lowest BCUT2D eigenvalue weighted by atomic mass is 9.95. The molecule has 3 aliphatic heterocycles. The highest BCUT2D eigenvalue weighted by Crippen LogP contribution is 2.39. The van der Waals surface area contributed by atoms with Crippen LogP contribution < -0.4 is 0 Å². The van der Waals surface area contributed by atoms with Crippen molar-refractivity contribution in [1.82, 2.24) is 0 Å². The number of aliphatic hydroxyl groups is 1. The third kappa shape index (κ3) is 18.3. The van der Waals surface area contributed by atoms with Crippen LogP contribution in [-0.2, 0) is 122 Å². The number of carbonyl (C=O) groups excluding carboxylic acids is 2. The molecule has 17 nitrogen and oxygen atoms in total. The molecule has 1 N–H and O–H groups in total. The van der Waals surface area contributed by atoms with Crippen LogP contribution >= 0.6 is 0 Å². The summed E-state index contributed by atoms with van der Waals surface area (Å²) in [5.41, 5.74) is 6.13. The Morgan fingerprint density at radius 2 is 0.648 bits per heavy atom. The van der Waals surface area contributed by atoms with Gasteiger partial charge in [0, 0.05) is 13.8 Å². The minimum Gasteiger partial charge on any atom is -0.455 e. The predicted molar refractivity (Wildman–Crippen MR) is 322 cm³/mol. The normalized spacial score (nSPS) is 27.1. The van der Waals surface area contributed by atoms with E-state index in [1.165, 1.54) is 13.8 Å². The van der Waals surface area contributed by atoms with Gasteiger partial charge in [0.25, 0.3) is 0 Å². The van der Waals surface area contributed by atoms with E-state index in [1.807, 2.05) is 212 Å². The molecule has 17 heteroatoms. The van der Waals surface area contributed by atoms with E-state index in [0.29, 0.717) is 0 Å². The van der Waals surface area contributed by atoms with E-state index in [9.17, 15) is 14.7 Å². The zero-order chi connectivity index (χ0) is 60.9. The van der Waals surface area contributed by atoms with Crippen molar-refractivity contribution in [3.63, 3.8) is 0 Å². The van der Waals surface area contributed by atoms with E-state index in [0.717, 1.165) is 38.9 Å². The van der Waals surface area contributed by atoms with Crippen LogP contribution in [0.1, 0.15) is 59.7 Å². The van der Waals surface area contributed by atoms with Gasteiger partial charge in [0.2, 0.25) is 0 Å². The summed E-state index contributed by atoms with van der Waals surface area (Å²) in [6, 6.07) is 67.6. The summed E-state index contributed by atoms with van der Waals surface area (Å²) in [5.74, 6) is -1.50. The van der Waals surface area contributed by atoms with Gasteiger partial charge in [0.1, 0.15) is 54.9 Å². The lowest BCUT2D eigenvalue weighted by Gasteiger charge is -2.51. The second-order valence-electron chi connectivity index (χ2n) is 22.0. The zero-order valence-electron chi connectivity index (χ0n) is 49.7. The molecule has 88 heavy (non-hydrogen) atoms. The standard InChI is InChI=1S/C71H78O17/c1-48-60(77-41-53-29-15-6-16-30-53)64(66(69(74)82-48)80-44-56-35-21-9-22-36-56)88-71-68(84-50(3)73)65(83-49(2)72)62(59(86-71)47-76-40-52-27-13-5-14-28-52)87-70-67(81-45-57-37-23-10-24-38-57)63(79-43-55-33-19-8-20-34-55)61(78-42-54-31-17-7-18-32-54)58(85-70)46-75-39-51-25-11-4-12-26-51/h4-38,48,58-71,74H,39-47H2,1-3H3/t48-,58+,59+,60-,61-,62-,63+,64+,65-,66+,67+,68+,69+,70+,71+/m0/s1. The zero-order valence-corrected chi connectivity index (χ0v) is 49.7. The fourth-order valence-electron chi connectivity index (χ4n) is 11.0. The van der Waals surface area contributed by atoms with E-state index in [2.05, 4.69) is 0 Å². The number of rotatable bonds is 29. The van der Waals surface area contributed by atoms with Gasteiger partial charge in [-0.25, -0.2) is 0 Å². The summed E-state index contributed by atoms with van der Waals surface area (Å²) in [6.45, 7) is 5.02. The van der Waals surface area contributed by atoms with E-state index >= 15 is 0 Å². The molecule has 0 aliphatic carbocycles. The minimum atomic E-state index is -1.57. The van der Waals surface area contributed by atoms with Crippen LogP contribution in [0.25, 0.3) is 0 Å². The van der Waals surface area contributed by atoms with Gasteiger partial charge in [-0.3, -0.25) is 9.59 Å². The number of esters is 2. The second kappa shape index (κ2) is 33.0. The molecule has 10 rings (SSSR count). The molecule has 464 valence electrons. The maximum Gasteiger partial charge on any atom is 0.303 e. The van der Waals surface area contributed by atoms with Crippen molar-refractivity contribution >= 4 is 11.9 Å². The molecule has 0 amide bonds. The molecule has 3 aliphatic rings. The highest BCUT2D eigenvalue weighted by molar-refractivity contribution is 5.67. The first-order valence-electron chi connectivity index (χ1n) is 29.9. The number of hydrogen-bond donors (Lipinski definition) is 1. The molecule has 0 radical (unpaired) electrons. The molecule has 7 aromatic carbocycles. The van der Waals surface area contributed by atoms with Crippen molar-refractivity contribution < 1.29 is 81.0 Å². The highest BCUT2D eigenvalue weighted by atomic mass is 16.8. The third-order valence-electron chi connectivity index (χ3n) is 15.3. The average Bonchev–Trinajstić information content (AvgIpc) is 2.19. The number of hydrogen-bond acceptors (Lipinski definition) is 17. The Bertz CT molecular complexity index is 3060. The predicted octanol–water partition coefficient (Wildman–Crippen LogP) is 10.2. The Morgan fingerprint density at radius 3 is 1.05 bits per heavy atom. The van der Waals surface area contributed by atoms with Crippen LogP contribution in [0.15, 0.2) is 212 Å². The van der Waals surface area contributed by atoms with E-state index in [-0.39, 0.29) is 59.5 Å². The Labute approximate surface area is 514 Å². The first-order valence-corrected chi connectivity index (χ1v) is 29.9. The van der Waals surface area contributed by atoms with Crippen LogP contribution in [0.2, 0.25) is 0 Å². The molecule has 0 unspecified atom stereocenters. The number of carbonyl (C=O) groups is 2. The average molecular weight is 1200 g/mol. The van der Waals surface area contributed by atoms with Gasteiger partial charge < -0.3 is 71.4 Å². The van der Waals surface area contributed by atoms with E-state index < -0.39 is 104 Å². The van der Waals surface area contributed by atoms with E-state index in [4.69, 9.17) is 66.3 Å². The van der Waals surface area contributed by atoms with Crippen LogP contribution in [0, 0.1) is 0 Å². The summed E-state index contributed by atoms with van der Waals surface area (Å²) in [6.07, 6.45) is -17.9. The second-order valence-corrected chi connectivity index (χ2v) is 22.0. The quantitative estimate of drug-likeness (QED) is 0.0437. The Balaban J connectivity index is 1.05. The molecule has 0 aromatic heterocycles. The monoisotopic (exact) mass is 1200 g/mol. The Kier molecular flexibility index (Phi) is 24.0. The van der Waals surface area contributed by atoms with Gasteiger partial charge in [-0.15, -0.1) is 0 Å². The largest absolute Gasteiger partial charge is 0.455 e. The minimum absolute atomic E-state index is 0.00531. The highest BCUT2D eigenvalue weighted by Gasteiger charge is 2.58. The number of benzene rings is 7. The fraction of sp³-hybridized carbons (Fsp3) is 0.380. The Morgan fingerprint density at radius 1 is 0.341 bits per heavy atom. The maximum atomic E-state index is 13.8. The van der Waals surface area contributed by atoms with Crippen molar-refractivity contribution in [2.75, 3.05) is 13.2 Å². The molecule has 0 bridgehead atoms. The molecule has 15 atom stereocenters. The summed E-state index contributed by atoms with van der Waals surface area (Å²) in [4.78, 5) is 27.5. The van der Waals surface area contributed by atoms with Gasteiger partial charge in [-0.05, 0) is 45.9 Å². The van der Waals surface area contributed by atoms with Gasteiger partial charge in [0.05, 0.1) is 65.6 Å². The Hall–Kier alpha value is -7.04. The fourth-order valence-corrected chi connectivity index (χ4v) is 11.0. The SMILES string of the molecule is CC(=O)O[C@H]1[C@@H](O[C@H]2O[C@H](COCc3ccccc3)[C@H](OCc3ccccc3)[C@@H](OCc3ccccc3)[C@H]2OCc2ccccc2)[C@@H](COCc2ccccc2)O[C@H](O[C@@H]2[C@@H](OCc3ccccc3)[C@H](C)O[C@@H](O)[C@@H]2OCc2ccccc2)[C@@H]1OC(C)=O. The molecule has 0 saturated carbocycles. The van der Waals surface area contributed by atoms with Crippen LogP contribution in [0.5, 0.6) is 0 Å². The van der Waals surface area contributed by atoms with Gasteiger partial charge in [0.15, 0.2) is 31.1 Å². The van der Waals surface area contributed by atoms with Gasteiger partial charge in [-0.2, -0.15) is 0 Å². The van der Waals surface area contributed by atoms with E-state index in [1.54, 1.807) is 6.92 Å². The maximum absolute atomic E-state index is 13.8. The topological polar surface area (TPSA) is 184 Å². The lowest BCUT2D eigenvalue weighted by molar-refractivity contribution is -0.387. The van der Waals surface area contributed by atoms with Crippen LogP contribution in [0.3, 0.4) is 0 Å². The van der Waals surface area contributed by atoms with Crippen LogP contribution in [0.4, 0.5) is 0 Å². The summed E-state index contributed by atoms with van der Waals surface area (Å²) >= 11 is 0. The van der Waals surface area contributed by atoms with Crippen molar-refractivity contribution in [1.29, 1.82) is 0 Å². The molecule has 3 heterocycles. The smallest absolute Gasteiger partial charge is 0.303 e. The molecule has 3 saturated heterocycles. The first-order chi connectivity index (χ1) is 43.1. The van der Waals surface area contributed by atoms with Crippen LogP contribution in [-0.4, -0.2) is 122 Å². The van der Waals surface area contributed by atoms with Crippen molar-refractivity contribution in [2.45, 2.75) is 159 Å². The van der Waals surface area contributed by atoms with Gasteiger partial charge in [-0.1, -0.05) is 212 Å².